The van der Waals surface area contributed by atoms with E-state index in [4.69, 9.17) is 9.47 Å². The lowest BCUT2D eigenvalue weighted by Crippen LogP contribution is -2.52. The van der Waals surface area contributed by atoms with Gasteiger partial charge in [0.25, 0.3) is 0 Å². The average Bonchev–Trinajstić information content (AvgIpc) is 3.18. The topological polar surface area (TPSA) is 50.8 Å². The molecule has 0 bridgehead atoms. The standard InChI is InChI=1S/C21H26N2O3S/c1-13(15-11-22-12-15)21(24)23-7-6-14-9-17(25-2)18(26-3)10-16(14)20(23)19-5-4-8-27-19/h4-5,8-10,13,15,20,22H,6-7,11-12H2,1-3H3. The van der Waals surface area contributed by atoms with Crippen molar-refractivity contribution in [2.45, 2.75) is 19.4 Å². The Hall–Kier alpha value is -2.05. The van der Waals surface area contributed by atoms with Crippen molar-refractivity contribution >= 4 is 17.2 Å². The molecular weight excluding hydrogens is 360 g/mol. The molecule has 2 unspecified atom stereocenters. The first-order valence-electron chi connectivity index (χ1n) is 9.43. The number of amides is 1. The van der Waals surface area contributed by atoms with E-state index in [9.17, 15) is 4.79 Å². The normalized spacial score (nSPS) is 20.6. The summed E-state index contributed by atoms with van der Waals surface area (Å²) in [6, 6.07) is 8.23. The minimum atomic E-state index is -0.0588. The van der Waals surface area contributed by atoms with Crippen LogP contribution in [0.3, 0.4) is 0 Å². The third-order valence-electron chi connectivity index (χ3n) is 5.88. The number of nitrogens with one attached hydrogen (secondary N) is 1. The fraction of sp³-hybridized carbons (Fsp3) is 0.476. The van der Waals surface area contributed by atoms with E-state index >= 15 is 0 Å². The smallest absolute Gasteiger partial charge is 0.226 e. The summed E-state index contributed by atoms with van der Waals surface area (Å²) in [5.74, 6) is 2.18. The molecule has 1 N–H and O–H groups in total. The maximum Gasteiger partial charge on any atom is 0.226 e. The summed E-state index contributed by atoms with van der Waals surface area (Å²) in [6.45, 7) is 4.68. The van der Waals surface area contributed by atoms with E-state index in [-0.39, 0.29) is 17.9 Å². The minimum absolute atomic E-state index is 0.0374. The molecule has 1 fully saturated rings. The van der Waals surface area contributed by atoms with Gasteiger partial charge < -0.3 is 19.7 Å². The fourth-order valence-electron chi connectivity index (χ4n) is 4.06. The third-order valence-corrected chi connectivity index (χ3v) is 6.80. The van der Waals surface area contributed by atoms with Crippen molar-refractivity contribution in [2.24, 2.45) is 11.8 Å². The Bertz CT molecular complexity index is 817. The van der Waals surface area contributed by atoms with Crippen LogP contribution in [-0.2, 0) is 11.2 Å². The van der Waals surface area contributed by atoms with Crippen LogP contribution >= 0.6 is 11.3 Å². The predicted octanol–water partition coefficient (Wildman–Crippen LogP) is 3.09. The van der Waals surface area contributed by atoms with Gasteiger partial charge in [-0.2, -0.15) is 0 Å². The van der Waals surface area contributed by atoms with Crippen LogP contribution in [0.15, 0.2) is 29.6 Å². The highest BCUT2D eigenvalue weighted by Crippen LogP contribution is 2.43. The molecule has 0 spiro atoms. The maximum absolute atomic E-state index is 13.4. The molecule has 27 heavy (non-hydrogen) atoms. The summed E-state index contributed by atoms with van der Waals surface area (Å²) in [5, 5.41) is 5.36. The molecule has 1 aromatic heterocycles. The van der Waals surface area contributed by atoms with Gasteiger partial charge in [0.15, 0.2) is 11.5 Å². The van der Waals surface area contributed by atoms with Gasteiger partial charge in [-0.1, -0.05) is 13.0 Å². The second-order valence-corrected chi connectivity index (χ2v) is 8.29. The zero-order chi connectivity index (χ0) is 19.0. The van der Waals surface area contributed by atoms with Gasteiger partial charge in [0.2, 0.25) is 5.91 Å². The maximum atomic E-state index is 13.4. The van der Waals surface area contributed by atoms with Gasteiger partial charge in [-0.05, 0) is 60.1 Å². The van der Waals surface area contributed by atoms with E-state index in [1.165, 1.54) is 10.4 Å². The SMILES string of the molecule is COc1cc2c(cc1OC)C(c1cccs1)N(C(=O)C(C)C1CNC1)CC2. The molecule has 1 amide bonds. The first-order chi connectivity index (χ1) is 13.1. The van der Waals surface area contributed by atoms with Crippen LogP contribution in [0.25, 0.3) is 0 Å². The molecule has 144 valence electrons. The number of nitrogens with zero attached hydrogens (tertiary/aromatic N) is 1. The Morgan fingerprint density at radius 3 is 2.59 bits per heavy atom. The van der Waals surface area contributed by atoms with E-state index in [0.717, 1.165) is 37.4 Å². The summed E-state index contributed by atoms with van der Waals surface area (Å²) in [5.41, 5.74) is 2.38. The van der Waals surface area contributed by atoms with Crippen LogP contribution in [0.2, 0.25) is 0 Å². The molecule has 6 heteroatoms. The van der Waals surface area contributed by atoms with E-state index < -0.39 is 0 Å². The van der Waals surface area contributed by atoms with E-state index in [1.807, 2.05) is 6.07 Å². The molecule has 4 rings (SSSR count). The van der Waals surface area contributed by atoms with Crippen molar-refractivity contribution in [1.82, 2.24) is 10.2 Å². The number of methoxy groups -OCH3 is 2. The van der Waals surface area contributed by atoms with Crippen molar-refractivity contribution in [3.63, 3.8) is 0 Å². The average molecular weight is 387 g/mol. The molecule has 5 nitrogen and oxygen atoms in total. The second-order valence-electron chi connectivity index (χ2n) is 7.31. The molecule has 2 aromatic rings. The van der Waals surface area contributed by atoms with Gasteiger partial charge in [-0.15, -0.1) is 11.3 Å². The molecule has 0 radical (unpaired) electrons. The molecular formula is C21H26N2O3S. The van der Waals surface area contributed by atoms with Gasteiger partial charge >= 0.3 is 0 Å². The summed E-state index contributed by atoms with van der Waals surface area (Å²) in [7, 11) is 3.32. The van der Waals surface area contributed by atoms with E-state index in [2.05, 4.69) is 40.7 Å². The highest BCUT2D eigenvalue weighted by Gasteiger charge is 2.38. The molecule has 2 aliphatic rings. The van der Waals surface area contributed by atoms with Crippen LogP contribution in [0.4, 0.5) is 0 Å². The molecule has 1 saturated heterocycles. The number of carbonyl (C=O) groups excluding carboxylic acids is 1. The number of hydrogen-bond donors (Lipinski definition) is 1. The van der Waals surface area contributed by atoms with Gasteiger partial charge in [-0.25, -0.2) is 0 Å². The lowest BCUT2D eigenvalue weighted by atomic mass is 9.85. The Balaban J connectivity index is 1.75. The number of hydrogen-bond acceptors (Lipinski definition) is 5. The minimum Gasteiger partial charge on any atom is -0.493 e. The highest BCUT2D eigenvalue weighted by atomic mass is 32.1. The Morgan fingerprint density at radius 1 is 1.26 bits per heavy atom. The van der Waals surface area contributed by atoms with E-state index in [1.54, 1.807) is 25.6 Å². The number of rotatable bonds is 5. The fourth-order valence-corrected chi connectivity index (χ4v) is 4.92. The highest BCUT2D eigenvalue weighted by molar-refractivity contribution is 7.10. The number of benzene rings is 1. The van der Waals surface area contributed by atoms with Crippen LogP contribution in [-0.4, -0.2) is 44.7 Å². The summed E-state index contributed by atoms with van der Waals surface area (Å²) in [4.78, 5) is 16.6. The van der Waals surface area contributed by atoms with E-state index in [0.29, 0.717) is 11.7 Å². The molecule has 2 aliphatic heterocycles. The van der Waals surface area contributed by atoms with Gasteiger partial charge in [-0.3, -0.25) is 4.79 Å². The largest absolute Gasteiger partial charge is 0.493 e. The first-order valence-corrected chi connectivity index (χ1v) is 10.3. The molecule has 0 aliphatic carbocycles. The summed E-state index contributed by atoms with van der Waals surface area (Å²) < 4.78 is 11.0. The van der Waals surface area contributed by atoms with Crippen LogP contribution in [0, 0.1) is 11.8 Å². The van der Waals surface area contributed by atoms with Crippen molar-refractivity contribution < 1.29 is 14.3 Å². The first kappa shape index (κ1) is 18.3. The Labute approximate surface area is 164 Å². The molecule has 3 heterocycles. The monoisotopic (exact) mass is 386 g/mol. The van der Waals surface area contributed by atoms with Crippen LogP contribution in [0.5, 0.6) is 11.5 Å². The van der Waals surface area contributed by atoms with Crippen molar-refractivity contribution in [3.8, 4) is 11.5 Å². The van der Waals surface area contributed by atoms with Crippen molar-refractivity contribution in [2.75, 3.05) is 33.9 Å². The van der Waals surface area contributed by atoms with Crippen molar-refractivity contribution in [1.29, 1.82) is 0 Å². The van der Waals surface area contributed by atoms with Crippen molar-refractivity contribution in [3.05, 3.63) is 45.6 Å². The Kier molecular flexibility index (Phi) is 5.10. The predicted molar refractivity (Wildman–Crippen MR) is 107 cm³/mol. The quantitative estimate of drug-likeness (QED) is 0.858. The molecule has 1 aromatic carbocycles. The van der Waals surface area contributed by atoms with Gasteiger partial charge in [0.05, 0.1) is 20.3 Å². The number of carbonyl (C=O) groups is 1. The van der Waals surface area contributed by atoms with Crippen LogP contribution in [0.1, 0.15) is 29.0 Å². The number of ether oxygens (including phenoxy) is 2. The summed E-state index contributed by atoms with van der Waals surface area (Å²) >= 11 is 1.70. The summed E-state index contributed by atoms with van der Waals surface area (Å²) in [6.07, 6.45) is 0.832. The van der Waals surface area contributed by atoms with Crippen LogP contribution < -0.4 is 14.8 Å². The zero-order valence-electron chi connectivity index (χ0n) is 16.0. The zero-order valence-corrected chi connectivity index (χ0v) is 16.8. The molecule has 0 saturated carbocycles. The number of fused-ring (bicyclic) bond motifs is 1. The van der Waals surface area contributed by atoms with Gasteiger partial charge in [0, 0.05) is 17.3 Å². The molecule has 2 atom stereocenters. The number of thiophene rings is 1. The third kappa shape index (κ3) is 3.21. The van der Waals surface area contributed by atoms with Gasteiger partial charge in [0.1, 0.15) is 0 Å². The Morgan fingerprint density at radius 2 is 2.00 bits per heavy atom. The lowest BCUT2D eigenvalue weighted by Gasteiger charge is -2.41. The lowest BCUT2D eigenvalue weighted by molar-refractivity contribution is -0.139. The second kappa shape index (κ2) is 7.52.